The van der Waals surface area contributed by atoms with Crippen LogP contribution in [0.2, 0.25) is 0 Å². The molecule has 1 saturated heterocycles. The van der Waals surface area contributed by atoms with E-state index in [1.165, 1.54) is 6.07 Å². The van der Waals surface area contributed by atoms with E-state index in [4.69, 9.17) is 4.74 Å². The molecule has 9 heteroatoms. The van der Waals surface area contributed by atoms with Crippen molar-refractivity contribution in [2.24, 2.45) is 0 Å². The quantitative estimate of drug-likeness (QED) is 0.569. The summed E-state index contributed by atoms with van der Waals surface area (Å²) in [5.41, 5.74) is 2.03. The third kappa shape index (κ3) is 4.87. The Labute approximate surface area is 204 Å². The summed E-state index contributed by atoms with van der Waals surface area (Å²) in [6.07, 6.45) is 0.848. The average molecular weight is 494 g/mol. The molecule has 182 valence electrons. The van der Waals surface area contributed by atoms with E-state index in [-0.39, 0.29) is 29.6 Å². The Morgan fingerprint density at radius 1 is 0.886 bits per heavy atom. The van der Waals surface area contributed by atoms with Crippen molar-refractivity contribution in [1.82, 2.24) is 4.90 Å². The van der Waals surface area contributed by atoms with Crippen molar-refractivity contribution in [2.75, 3.05) is 42.5 Å². The number of anilines is 2. The first-order valence-corrected chi connectivity index (χ1v) is 13.2. The van der Waals surface area contributed by atoms with E-state index < -0.39 is 10.0 Å². The van der Waals surface area contributed by atoms with Gasteiger partial charge in [0.25, 0.3) is 10.0 Å². The van der Waals surface area contributed by atoms with Crippen LogP contribution in [0.1, 0.15) is 18.4 Å². The molecule has 1 N–H and O–H groups in total. The smallest absolute Gasteiger partial charge is 0.261 e. The first-order valence-electron chi connectivity index (χ1n) is 11.7. The maximum atomic E-state index is 13.1. The fraction of sp³-hybridized carbons (Fsp3) is 0.308. The lowest BCUT2D eigenvalue weighted by Gasteiger charge is -2.27. The Bertz CT molecular complexity index is 1380. The molecule has 0 bridgehead atoms. The second-order valence-corrected chi connectivity index (χ2v) is 10.4. The molecule has 2 heterocycles. The van der Waals surface area contributed by atoms with Gasteiger partial charge >= 0.3 is 0 Å². The van der Waals surface area contributed by atoms with E-state index in [1.54, 1.807) is 28.0 Å². The lowest BCUT2D eigenvalue weighted by molar-refractivity contribution is -0.136. The largest absolute Gasteiger partial charge is 0.378 e. The van der Waals surface area contributed by atoms with E-state index in [2.05, 4.69) is 4.72 Å². The summed E-state index contributed by atoms with van der Waals surface area (Å²) in [5.74, 6) is -0.170. The Morgan fingerprint density at radius 2 is 1.63 bits per heavy atom. The first-order chi connectivity index (χ1) is 16.9. The number of benzene rings is 3. The van der Waals surface area contributed by atoms with Crippen LogP contribution in [-0.4, -0.2) is 58.0 Å². The third-order valence-corrected chi connectivity index (χ3v) is 7.87. The number of nitrogens with zero attached hydrogens (tertiary/aromatic N) is 2. The molecule has 5 rings (SSSR count). The number of fused-ring (bicyclic) bond motifs is 2. The van der Waals surface area contributed by atoms with E-state index in [0.717, 1.165) is 16.3 Å². The molecule has 0 aromatic heterocycles. The number of hydrogen-bond acceptors (Lipinski definition) is 5. The van der Waals surface area contributed by atoms with Gasteiger partial charge in [0.1, 0.15) is 0 Å². The fourth-order valence-electron chi connectivity index (χ4n) is 4.64. The van der Waals surface area contributed by atoms with Gasteiger partial charge in [-0.1, -0.05) is 36.4 Å². The van der Waals surface area contributed by atoms with Gasteiger partial charge in [0.2, 0.25) is 11.8 Å². The number of rotatable bonds is 6. The number of amides is 2. The zero-order valence-corrected chi connectivity index (χ0v) is 20.1. The molecule has 0 atom stereocenters. The molecule has 0 saturated carbocycles. The minimum atomic E-state index is -3.81. The number of hydrogen-bond donors (Lipinski definition) is 1. The van der Waals surface area contributed by atoms with E-state index in [1.807, 2.05) is 36.4 Å². The Kier molecular flexibility index (Phi) is 6.44. The van der Waals surface area contributed by atoms with E-state index >= 15 is 0 Å². The fourth-order valence-corrected chi connectivity index (χ4v) is 5.77. The molecule has 0 spiro atoms. The highest BCUT2D eigenvalue weighted by molar-refractivity contribution is 7.92. The lowest BCUT2D eigenvalue weighted by Crippen LogP contribution is -2.41. The summed E-state index contributed by atoms with van der Waals surface area (Å²) in [6, 6.07) is 17.9. The Morgan fingerprint density at radius 3 is 2.46 bits per heavy atom. The molecule has 8 nitrogen and oxygen atoms in total. The highest BCUT2D eigenvalue weighted by Gasteiger charge is 2.28. The molecule has 0 unspecified atom stereocenters. The molecule has 2 aliphatic heterocycles. The number of nitrogens with one attached hydrogen (secondary N) is 1. The van der Waals surface area contributed by atoms with Gasteiger partial charge < -0.3 is 14.5 Å². The Hall–Kier alpha value is -3.43. The molecular weight excluding hydrogens is 466 g/mol. The molecule has 0 radical (unpaired) electrons. The molecule has 3 aromatic rings. The van der Waals surface area contributed by atoms with Crippen molar-refractivity contribution < 1.29 is 22.7 Å². The summed E-state index contributed by atoms with van der Waals surface area (Å²) in [5, 5.41) is 1.77. The van der Waals surface area contributed by atoms with Crippen molar-refractivity contribution in [3.63, 3.8) is 0 Å². The van der Waals surface area contributed by atoms with Crippen LogP contribution in [0.3, 0.4) is 0 Å². The normalized spacial score (nSPS) is 15.8. The topological polar surface area (TPSA) is 96.0 Å². The number of morpholine rings is 1. The molecule has 1 fully saturated rings. The van der Waals surface area contributed by atoms with E-state index in [9.17, 15) is 18.0 Å². The maximum absolute atomic E-state index is 13.1. The van der Waals surface area contributed by atoms with Crippen LogP contribution < -0.4 is 9.62 Å². The molecule has 3 aromatic carbocycles. The second kappa shape index (κ2) is 9.67. The highest BCUT2D eigenvalue weighted by Crippen LogP contribution is 2.32. The minimum absolute atomic E-state index is 0.0398. The first kappa shape index (κ1) is 23.3. The van der Waals surface area contributed by atoms with Crippen molar-refractivity contribution in [1.29, 1.82) is 0 Å². The van der Waals surface area contributed by atoms with Gasteiger partial charge in [-0.05, 0) is 41.6 Å². The Balaban J connectivity index is 1.28. The van der Waals surface area contributed by atoms with Gasteiger partial charge in [0.05, 0.1) is 23.8 Å². The minimum Gasteiger partial charge on any atom is -0.378 e. The summed E-state index contributed by atoms with van der Waals surface area (Å²) < 4.78 is 34.3. The molecular formula is C26H27N3O5S. The van der Waals surface area contributed by atoms with Gasteiger partial charge in [-0.25, -0.2) is 8.42 Å². The van der Waals surface area contributed by atoms with Gasteiger partial charge in [0.15, 0.2) is 0 Å². The number of carbonyl (C=O) groups is 2. The van der Waals surface area contributed by atoms with Crippen molar-refractivity contribution >= 4 is 44.0 Å². The van der Waals surface area contributed by atoms with Crippen LogP contribution in [-0.2, 0) is 30.8 Å². The van der Waals surface area contributed by atoms with Crippen LogP contribution in [0.4, 0.5) is 11.4 Å². The maximum Gasteiger partial charge on any atom is 0.261 e. The van der Waals surface area contributed by atoms with Crippen molar-refractivity contribution in [3.05, 3.63) is 66.2 Å². The molecule has 2 amide bonds. The standard InChI is InChI=1S/C26H27N3O5S/c30-25(28-14-16-34-17-15-28)10-11-26(31)29-13-12-20-18-21(8-9-24(20)29)35(32,33)27-23-7-3-5-19-4-1-2-6-22(19)23/h1-9,18,27H,10-17H2. The van der Waals surface area contributed by atoms with Gasteiger partial charge in [-0.2, -0.15) is 0 Å². The highest BCUT2D eigenvalue weighted by atomic mass is 32.2. The lowest BCUT2D eigenvalue weighted by atomic mass is 10.1. The predicted molar refractivity (Wildman–Crippen MR) is 134 cm³/mol. The zero-order valence-electron chi connectivity index (χ0n) is 19.3. The zero-order chi connectivity index (χ0) is 24.4. The van der Waals surface area contributed by atoms with Crippen molar-refractivity contribution in [2.45, 2.75) is 24.2 Å². The average Bonchev–Trinajstić information content (AvgIpc) is 3.31. The van der Waals surface area contributed by atoms with Crippen LogP contribution in [0.15, 0.2) is 65.6 Å². The number of carbonyl (C=O) groups excluding carboxylic acids is 2. The third-order valence-electron chi connectivity index (χ3n) is 6.51. The van der Waals surface area contributed by atoms with Crippen LogP contribution in [0.25, 0.3) is 10.8 Å². The van der Waals surface area contributed by atoms with E-state index in [0.29, 0.717) is 50.6 Å². The monoisotopic (exact) mass is 493 g/mol. The van der Waals surface area contributed by atoms with Gasteiger partial charge in [0, 0.05) is 43.5 Å². The van der Waals surface area contributed by atoms with Crippen LogP contribution in [0, 0.1) is 0 Å². The summed E-state index contributed by atoms with van der Waals surface area (Å²) in [4.78, 5) is 28.8. The van der Waals surface area contributed by atoms with Gasteiger partial charge in [-0.15, -0.1) is 0 Å². The van der Waals surface area contributed by atoms with Crippen LogP contribution >= 0.6 is 0 Å². The van der Waals surface area contributed by atoms with Crippen molar-refractivity contribution in [3.8, 4) is 0 Å². The van der Waals surface area contributed by atoms with Crippen LogP contribution in [0.5, 0.6) is 0 Å². The number of sulfonamides is 1. The van der Waals surface area contributed by atoms with Gasteiger partial charge in [-0.3, -0.25) is 14.3 Å². The SMILES string of the molecule is O=C(CCC(=O)N1CCc2cc(S(=O)(=O)Nc3cccc4ccccc34)ccc21)N1CCOCC1. The summed E-state index contributed by atoms with van der Waals surface area (Å²) in [6.45, 7) is 2.65. The summed E-state index contributed by atoms with van der Waals surface area (Å²) in [7, 11) is -3.81. The number of ether oxygens (including phenoxy) is 1. The molecule has 0 aliphatic carbocycles. The second-order valence-electron chi connectivity index (χ2n) is 8.71. The molecule has 35 heavy (non-hydrogen) atoms. The summed E-state index contributed by atoms with van der Waals surface area (Å²) >= 11 is 0. The molecule has 2 aliphatic rings. The predicted octanol–water partition coefficient (Wildman–Crippen LogP) is 3.17.